The van der Waals surface area contributed by atoms with Crippen molar-refractivity contribution >= 4 is 49.9 Å². The van der Waals surface area contributed by atoms with Gasteiger partial charge in [-0.2, -0.15) is 4.31 Å². The Balaban J connectivity index is 1.98. The van der Waals surface area contributed by atoms with Gasteiger partial charge in [-0.3, -0.25) is 25.0 Å². The van der Waals surface area contributed by atoms with E-state index in [4.69, 9.17) is 9.15 Å². The monoisotopic (exact) mass is 553 g/mol. The van der Waals surface area contributed by atoms with E-state index in [0.717, 1.165) is 43.5 Å². The summed E-state index contributed by atoms with van der Waals surface area (Å²) in [6, 6.07) is 11.3. The van der Waals surface area contributed by atoms with Crippen molar-refractivity contribution in [3.05, 3.63) is 103 Å². The Morgan fingerprint density at radius 1 is 0.897 bits per heavy atom. The minimum Gasteiger partial charge on any atom is -0.465 e. The van der Waals surface area contributed by atoms with Gasteiger partial charge in [0.15, 0.2) is 0 Å². The third kappa shape index (κ3) is 4.80. The van der Waals surface area contributed by atoms with Gasteiger partial charge in [0.1, 0.15) is 16.9 Å². The molecule has 0 spiro atoms. The van der Waals surface area contributed by atoms with Gasteiger partial charge in [0, 0.05) is 35.2 Å². The molecule has 39 heavy (non-hydrogen) atoms. The lowest BCUT2D eigenvalue weighted by Crippen LogP contribution is -2.37. The van der Waals surface area contributed by atoms with Gasteiger partial charge in [0.2, 0.25) is 0 Å². The average Bonchev–Trinajstić information content (AvgIpc) is 3.23. The summed E-state index contributed by atoms with van der Waals surface area (Å²) in [5, 5.41) is 22.6. The molecule has 0 aliphatic carbocycles. The standard InChI is InChI=1S/C25H19N3O10S/c1-14-4-7-19(28(33)34)13-22(14)39(35,36)26(24(29)16-5-8-17(9-6-16)27(31)32)18-10-11-21-20(12-18)23(15(2)38-21)25(30)37-3/h4-13H,1-3H3. The Labute approximate surface area is 220 Å². The molecule has 4 rings (SSSR count). The quantitative estimate of drug-likeness (QED) is 0.177. The number of carbonyl (C=O) groups excluding carboxylic acids is 2. The molecular formula is C25H19N3O10S. The largest absolute Gasteiger partial charge is 0.465 e. The minimum absolute atomic E-state index is 0.0148. The number of nitrogens with zero attached hydrogens (tertiary/aromatic N) is 3. The normalized spacial score (nSPS) is 11.3. The number of esters is 1. The number of fused-ring (bicyclic) bond motifs is 1. The number of benzene rings is 3. The van der Waals surface area contributed by atoms with Gasteiger partial charge in [-0.25, -0.2) is 13.2 Å². The maximum absolute atomic E-state index is 14.0. The smallest absolute Gasteiger partial charge is 0.342 e. The summed E-state index contributed by atoms with van der Waals surface area (Å²) in [4.78, 5) is 46.6. The zero-order valence-corrected chi connectivity index (χ0v) is 21.4. The predicted octanol–water partition coefficient (Wildman–Crippen LogP) is 4.69. The molecule has 0 fully saturated rings. The van der Waals surface area contributed by atoms with Crippen LogP contribution >= 0.6 is 0 Å². The van der Waals surface area contributed by atoms with Crippen molar-refractivity contribution in [3.8, 4) is 0 Å². The highest BCUT2D eigenvalue weighted by Crippen LogP contribution is 2.35. The molecule has 4 aromatic rings. The second kappa shape index (κ2) is 9.98. The van der Waals surface area contributed by atoms with Gasteiger partial charge in [-0.1, -0.05) is 6.07 Å². The van der Waals surface area contributed by atoms with Gasteiger partial charge in [0.25, 0.3) is 27.3 Å². The third-order valence-corrected chi connectivity index (χ3v) is 7.73. The van der Waals surface area contributed by atoms with Crippen molar-refractivity contribution in [1.82, 2.24) is 0 Å². The van der Waals surface area contributed by atoms with E-state index in [1.165, 1.54) is 38.1 Å². The first-order valence-corrected chi connectivity index (χ1v) is 12.5. The van der Waals surface area contributed by atoms with Crippen LogP contribution in [-0.4, -0.2) is 37.3 Å². The summed E-state index contributed by atoms with van der Waals surface area (Å²) in [5.41, 5.74) is -0.933. The van der Waals surface area contributed by atoms with E-state index in [1.54, 1.807) is 0 Å². The number of hydrogen-bond donors (Lipinski definition) is 0. The molecular weight excluding hydrogens is 534 g/mol. The van der Waals surface area contributed by atoms with Crippen molar-refractivity contribution in [3.63, 3.8) is 0 Å². The fourth-order valence-electron chi connectivity index (χ4n) is 3.98. The zero-order valence-electron chi connectivity index (χ0n) is 20.6. The van der Waals surface area contributed by atoms with Crippen LogP contribution in [0.3, 0.4) is 0 Å². The van der Waals surface area contributed by atoms with E-state index in [9.17, 15) is 38.2 Å². The number of sulfonamides is 1. The van der Waals surface area contributed by atoms with Crippen LogP contribution in [0.4, 0.5) is 17.1 Å². The predicted molar refractivity (Wildman–Crippen MR) is 137 cm³/mol. The molecule has 0 atom stereocenters. The highest BCUT2D eigenvalue weighted by Gasteiger charge is 2.35. The Bertz CT molecular complexity index is 1780. The number of carbonyl (C=O) groups is 2. The third-order valence-electron chi connectivity index (χ3n) is 5.88. The Hall–Kier alpha value is -5.11. The number of methoxy groups -OCH3 is 1. The molecule has 13 nitrogen and oxygen atoms in total. The molecule has 0 radical (unpaired) electrons. The molecule has 3 aromatic carbocycles. The number of nitro benzene ring substituents is 2. The molecule has 0 saturated carbocycles. The van der Waals surface area contributed by atoms with Crippen LogP contribution in [0.5, 0.6) is 0 Å². The number of nitro groups is 2. The van der Waals surface area contributed by atoms with E-state index in [-0.39, 0.29) is 44.8 Å². The van der Waals surface area contributed by atoms with Crippen LogP contribution in [0.25, 0.3) is 11.0 Å². The summed E-state index contributed by atoms with van der Waals surface area (Å²) in [5.74, 6) is -1.66. The number of furan rings is 1. The maximum Gasteiger partial charge on any atom is 0.342 e. The lowest BCUT2D eigenvalue weighted by molar-refractivity contribution is -0.385. The number of anilines is 1. The molecule has 1 heterocycles. The number of hydrogen-bond acceptors (Lipinski definition) is 10. The SMILES string of the molecule is COC(=O)c1c(C)oc2ccc(N(C(=O)c3ccc([N+](=O)[O-])cc3)S(=O)(=O)c3cc([N+](=O)[O-])ccc3C)cc12. The topological polar surface area (TPSA) is 180 Å². The Morgan fingerprint density at radius 3 is 2.10 bits per heavy atom. The number of amides is 1. The summed E-state index contributed by atoms with van der Waals surface area (Å²) < 4.78 is 38.8. The van der Waals surface area contributed by atoms with Gasteiger partial charge in [0.05, 0.1) is 27.5 Å². The summed E-state index contributed by atoms with van der Waals surface area (Å²) in [6.07, 6.45) is 0. The van der Waals surface area contributed by atoms with Gasteiger partial charge < -0.3 is 9.15 Å². The van der Waals surface area contributed by atoms with Crippen molar-refractivity contribution in [2.45, 2.75) is 18.7 Å². The summed E-state index contributed by atoms with van der Waals surface area (Å²) in [7, 11) is -3.66. The van der Waals surface area contributed by atoms with Gasteiger partial charge in [-0.15, -0.1) is 0 Å². The van der Waals surface area contributed by atoms with Crippen LogP contribution in [0.2, 0.25) is 0 Å². The fraction of sp³-hybridized carbons (Fsp3) is 0.120. The van der Waals surface area contributed by atoms with Crippen LogP contribution < -0.4 is 4.31 Å². The van der Waals surface area contributed by atoms with Crippen molar-refractivity contribution < 1.29 is 37.0 Å². The molecule has 1 aromatic heterocycles. The molecule has 0 unspecified atom stereocenters. The van der Waals surface area contributed by atoms with Crippen molar-refractivity contribution in [2.75, 3.05) is 11.4 Å². The summed E-state index contributed by atoms with van der Waals surface area (Å²) in [6.45, 7) is 2.91. The highest BCUT2D eigenvalue weighted by atomic mass is 32.2. The summed E-state index contributed by atoms with van der Waals surface area (Å²) >= 11 is 0. The van der Waals surface area contributed by atoms with Crippen LogP contribution in [0.1, 0.15) is 32.0 Å². The van der Waals surface area contributed by atoms with Crippen LogP contribution in [-0.2, 0) is 14.8 Å². The van der Waals surface area contributed by atoms with Crippen LogP contribution in [0, 0.1) is 34.1 Å². The van der Waals surface area contributed by atoms with Crippen molar-refractivity contribution in [2.24, 2.45) is 0 Å². The molecule has 0 aliphatic heterocycles. The average molecular weight is 554 g/mol. The highest BCUT2D eigenvalue weighted by molar-refractivity contribution is 7.93. The van der Waals surface area contributed by atoms with E-state index in [1.807, 2.05) is 0 Å². The molecule has 1 amide bonds. The number of aryl methyl sites for hydroxylation is 2. The molecule has 0 aliphatic rings. The maximum atomic E-state index is 14.0. The van der Waals surface area contributed by atoms with Gasteiger partial charge >= 0.3 is 5.97 Å². The molecule has 0 saturated heterocycles. The Morgan fingerprint density at radius 2 is 1.51 bits per heavy atom. The van der Waals surface area contributed by atoms with E-state index >= 15 is 0 Å². The number of non-ortho nitro benzene ring substituents is 2. The van der Waals surface area contributed by atoms with E-state index in [2.05, 4.69) is 0 Å². The molecule has 200 valence electrons. The zero-order chi connectivity index (χ0) is 28.6. The lowest BCUT2D eigenvalue weighted by atomic mass is 10.1. The molecule has 0 bridgehead atoms. The van der Waals surface area contributed by atoms with Gasteiger partial charge in [-0.05, 0) is 49.7 Å². The van der Waals surface area contributed by atoms with E-state index in [0.29, 0.717) is 4.31 Å². The fourth-order valence-corrected chi connectivity index (χ4v) is 5.63. The van der Waals surface area contributed by atoms with E-state index < -0.39 is 42.3 Å². The first kappa shape index (κ1) is 26.9. The number of rotatable bonds is 7. The minimum atomic E-state index is -4.82. The lowest BCUT2D eigenvalue weighted by Gasteiger charge is -2.23. The first-order valence-electron chi connectivity index (χ1n) is 11.1. The second-order valence-electron chi connectivity index (χ2n) is 8.29. The molecule has 14 heteroatoms. The first-order chi connectivity index (χ1) is 18.4. The van der Waals surface area contributed by atoms with Crippen molar-refractivity contribution in [1.29, 1.82) is 0 Å². The number of ether oxygens (including phenoxy) is 1. The second-order valence-corrected chi connectivity index (χ2v) is 10.0. The Kier molecular flexibility index (Phi) is 6.89. The van der Waals surface area contributed by atoms with Crippen LogP contribution in [0.15, 0.2) is 70.0 Å². The molecule has 0 N–H and O–H groups in total.